The quantitative estimate of drug-likeness (QED) is 0.845. The van der Waals surface area contributed by atoms with Crippen LogP contribution in [0.25, 0.3) is 0 Å². The Morgan fingerprint density at radius 3 is 2.80 bits per heavy atom. The molecule has 0 amide bonds. The van der Waals surface area contributed by atoms with Crippen LogP contribution >= 0.6 is 11.6 Å². The first-order valence-corrected chi connectivity index (χ1v) is 6.38. The van der Waals surface area contributed by atoms with Crippen LogP contribution in [0.2, 0.25) is 5.02 Å². The molecule has 0 atom stereocenters. The van der Waals surface area contributed by atoms with Crippen molar-refractivity contribution in [1.29, 1.82) is 5.26 Å². The van der Waals surface area contributed by atoms with Gasteiger partial charge in [0.2, 0.25) is 0 Å². The maximum absolute atomic E-state index is 8.81. The van der Waals surface area contributed by atoms with Crippen molar-refractivity contribution >= 4 is 23.0 Å². The predicted octanol–water partition coefficient (Wildman–Crippen LogP) is 3.41. The highest BCUT2D eigenvalue weighted by Crippen LogP contribution is 2.28. The van der Waals surface area contributed by atoms with Crippen molar-refractivity contribution in [3.05, 3.63) is 52.5 Å². The fourth-order valence-corrected chi connectivity index (χ4v) is 2.11. The van der Waals surface area contributed by atoms with Gasteiger partial charge in [0.15, 0.2) is 0 Å². The van der Waals surface area contributed by atoms with Crippen molar-refractivity contribution in [2.75, 3.05) is 18.2 Å². The molecule has 0 aliphatic carbocycles. The molecule has 0 saturated heterocycles. The first kappa shape index (κ1) is 14.0. The highest BCUT2D eigenvalue weighted by atomic mass is 35.5. The molecule has 2 aromatic rings. The number of rotatable bonds is 4. The molecule has 4 nitrogen and oxygen atoms in total. The SMILES string of the molecule is COc1cccc(Cl)c1CNc1ccc(C#N)cc1N. The summed E-state index contributed by atoms with van der Waals surface area (Å²) in [6.07, 6.45) is 0. The fraction of sp³-hybridized carbons (Fsp3) is 0.133. The molecule has 0 aliphatic heterocycles. The van der Waals surface area contributed by atoms with Gasteiger partial charge >= 0.3 is 0 Å². The molecule has 5 heteroatoms. The second-order valence-corrected chi connectivity index (χ2v) is 4.60. The van der Waals surface area contributed by atoms with Gasteiger partial charge in [-0.15, -0.1) is 0 Å². The van der Waals surface area contributed by atoms with E-state index in [2.05, 4.69) is 5.32 Å². The lowest BCUT2D eigenvalue weighted by molar-refractivity contribution is 0.410. The van der Waals surface area contributed by atoms with Crippen LogP contribution in [0.3, 0.4) is 0 Å². The molecule has 0 spiro atoms. The molecule has 0 heterocycles. The number of nitrogen functional groups attached to an aromatic ring is 1. The summed E-state index contributed by atoms with van der Waals surface area (Å²) in [5.74, 6) is 0.720. The van der Waals surface area contributed by atoms with Crippen LogP contribution in [0.4, 0.5) is 11.4 Å². The van der Waals surface area contributed by atoms with Gasteiger partial charge in [0.05, 0.1) is 30.1 Å². The Morgan fingerprint density at radius 1 is 1.35 bits per heavy atom. The Hall–Kier alpha value is -2.38. The van der Waals surface area contributed by atoms with Crippen molar-refractivity contribution in [2.45, 2.75) is 6.54 Å². The average molecular weight is 288 g/mol. The molecule has 0 bridgehead atoms. The van der Waals surface area contributed by atoms with E-state index in [-0.39, 0.29) is 0 Å². The second-order valence-electron chi connectivity index (χ2n) is 4.19. The smallest absolute Gasteiger partial charge is 0.125 e. The van der Waals surface area contributed by atoms with Gasteiger partial charge in [-0.3, -0.25) is 0 Å². The summed E-state index contributed by atoms with van der Waals surface area (Å²) >= 11 is 6.17. The van der Waals surface area contributed by atoms with Crippen molar-refractivity contribution in [3.8, 4) is 11.8 Å². The van der Waals surface area contributed by atoms with E-state index < -0.39 is 0 Å². The predicted molar refractivity (Wildman–Crippen MR) is 80.9 cm³/mol. The van der Waals surface area contributed by atoms with Crippen LogP contribution < -0.4 is 15.8 Å². The standard InChI is InChI=1S/C15H14ClN3O/c1-20-15-4-2-3-12(16)11(15)9-19-14-6-5-10(8-17)7-13(14)18/h2-7,19H,9,18H2,1H3. The molecule has 0 saturated carbocycles. The number of halogens is 1. The third kappa shape index (κ3) is 2.95. The third-order valence-corrected chi connectivity index (χ3v) is 3.29. The Kier molecular flexibility index (Phi) is 4.34. The second kappa shape index (κ2) is 6.18. The van der Waals surface area contributed by atoms with Crippen molar-refractivity contribution in [3.63, 3.8) is 0 Å². The monoisotopic (exact) mass is 287 g/mol. The van der Waals surface area contributed by atoms with Gasteiger partial charge in [0.1, 0.15) is 5.75 Å². The van der Waals surface area contributed by atoms with Crippen LogP contribution in [-0.2, 0) is 6.54 Å². The molecule has 0 fully saturated rings. The summed E-state index contributed by atoms with van der Waals surface area (Å²) in [7, 11) is 1.60. The minimum atomic E-state index is 0.485. The van der Waals surface area contributed by atoms with Gasteiger partial charge in [-0.25, -0.2) is 0 Å². The molecule has 2 aromatic carbocycles. The topological polar surface area (TPSA) is 71.1 Å². The minimum Gasteiger partial charge on any atom is -0.496 e. The average Bonchev–Trinajstić information content (AvgIpc) is 2.46. The first-order chi connectivity index (χ1) is 9.65. The largest absolute Gasteiger partial charge is 0.496 e. The maximum atomic E-state index is 8.81. The lowest BCUT2D eigenvalue weighted by Crippen LogP contribution is -2.04. The number of ether oxygens (including phenoxy) is 1. The lowest BCUT2D eigenvalue weighted by Gasteiger charge is -2.13. The van der Waals surface area contributed by atoms with E-state index in [0.29, 0.717) is 22.8 Å². The molecular formula is C15H14ClN3O. The molecular weight excluding hydrogens is 274 g/mol. The molecule has 0 radical (unpaired) electrons. The summed E-state index contributed by atoms with van der Waals surface area (Å²) in [5.41, 5.74) is 8.56. The van der Waals surface area contributed by atoms with E-state index in [1.54, 1.807) is 25.3 Å². The number of benzene rings is 2. The zero-order chi connectivity index (χ0) is 14.5. The van der Waals surface area contributed by atoms with E-state index in [1.807, 2.05) is 24.3 Å². The summed E-state index contributed by atoms with van der Waals surface area (Å²) < 4.78 is 5.28. The normalized spacial score (nSPS) is 9.85. The number of methoxy groups -OCH3 is 1. The van der Waals surface area contributed by atoms with Crippen LogP contribution in [0.5, 0.6) is 5.75 Å². The molecule has 0 aliphatic rings. The van der Waals surface area contributed by atoms with Gasteiger partial charge in [0, 0.05) is 17.1 Å². The molecule has 102 valence electrons. The Labute approximate surface area is 122 Å². The van der Waals surface area contributed by atoms with Crippen LogP contribution in [-0.4, -0.2) is 7.11 Å². The van der Waals surface area contributed by atoms with E-state index in [1.165, 1.54) is 0 Å². The summed E-state index contributed by atoms with van der Waals surface area (Å²) in [6, 6.07) is 12.7. The van der Waals surface area contributed by atoms with Crippen molar-refractivity contribution < 1.29 is 4.74 Å². The maximum Gasteiger partial charge on any atom is 0.125 e. The minimum absolute atomic E-state index is 0.485. The molecule has 2 rings (SSSR count). The number of nitrogens with one attached hydrogen (secondary N) is 1. The van der Waals surface area contributed by atoms with Crippen LogP contribution in [0.1, 0.15) is 11.1 Å². The number of nitrogens with two attached hydrogens (primary N) is 1. The zero-order valence-corrected chi connectivity index (χ0v) is 11.7. The van der Waals surface area contributed by atoms with E-state index in [0.717, 1.165) is 17.0 Å². The number of nitriles is 1. The molecule has 0 unspecified atom stereocenters. The number of nitrogens with zero attached hydrogens (tertiary/aromatic N) is 1. The molecule has 3 N–H and O–H groups in total. The summed E-state index contributed by atoms with van der Waals surface area (Å²) in [5, 5.41) is 12.6. The highest BCUT2D eigenvalue weighted by molar-refractivity contribution is 6.31. The van der Waals surface area contributed by atoms with Gasteiger partial charge < -0.3 is 15.8 Å². The van der Waals surface area contributed by atoms with Gasteiger partial charge in [0.25, 0.3) is 0 Å². The van der Waals surface area contributed by atoms with Crippen LogP contribution in [0.15, 0.2) is 36.4 Å². The third-order valence-electron chi connectivity index (χ3n) is 2.93. The van der Waals surface area contributed by atoms with Gasteiger partial charge in [-0.1, -0.05) is 17.7 Å². The number of anilines is 2. The first-order valence-electron chi connectivity index (χ1n) is 6.00. The molecule has 0 aromatic heterocycles. The van der Waals surface area contributed by atoms with E-state index in [9.17, 15) is 0 Å². The van der Waals surface area contributed by atoms with Gasteiger partial charge in [-0.05, 0) is 30.3 Å². The van der Waals surface area contributed by atoms with Crippen molar-refractivity contribution in [1.82, 2.24) is 0 Å². The van der Waals surface area contributed by atoms with E-state index in [4.69, 9.17) is 27.3 Å². The number of hydrogen-bond donors (Lipinski definition) is 2. The Morgan fingerprint density at radius 2 is 2.15 bits per heavy atom. The molecule has 20 heavy (non-hydrogen) atoms. The Bertz CT molecular complexity index is 665. The highest BCUT2D eigenvalue weighted by Gasteiger charge is 2.08. The fourth-order valence-electron chi connectivity index (χ4n) is 1.88. The van der Waals surface area contributed by atoms with Crippen molar-refractivity contribution in [2.24, 2.45) is 0 Å². The number of hydrogen-bond acceptors (Lipinski definition) is 4. The van der Waals surface area contributed by atoms with Gasteiger partial charge in [-0.2, -0.15) is 5.26 Å². The lowest BCUT2D eigenvalue weighted by atomic mass is 10.1. The summed E-state index contributed by atoms with van der Waals surface area (Å²) in [6.45, 7) is 0.485. The Balaban J connectivity index is 2.19. The summed E-state index contributed by atoms with van der Waals surface area (Å²) in [4.78, 5) is 0. The zero-order valence-electron chi connectivity index (χ0n) is 11.0. The van der Waals surface area contributed by atoms with Crippen LogP contribution in [0, 0.1) is 11.3 Å². The van der Waals surface area contributed by atoms with E-state index >= 15 is 0 Å².